The van der Waals surface area contributed by atoms with Crippen LogP contribution < -0.4 is 10.2 Å². The Morgan fingerprint density at radius 1 is 1.26 bits per heavy atom. The van der Waals surface area contributed by atoms with Gasteiger partial charge in [0, 0.05) is 30.8 Å². The Bertz CT molecular complexity index is 1090. The molecule has 0 bridgehead atoms. The summed E-state index contributed by atoms with van der Waals surface area (Å²) in [6.07, 6.45) is -3.84. The van der Waals surface area contributed by atoms with Crippen molar-refractivity contribution in [2.45, 2.75) is 70.9 Å². The number of hydrogen-bond acceptors (Lipinski definition) is 3. The summed E-state index contributed by atoms with van der Waals surface area (Å²) in [5, 5.41) is 0. The van der Waals surface area contributed by atoms with Crippen LogP contribution in [0, 0.1) is 0 Å². The minimum Gasteiger partial charge on any atom is -0.487 e. The standard InChI is InChI=1S/C24H31F4N3O3/c1-15(13-25)34-19-9-8-16(24(26,27)28)11-18(19)22(32)29-21-12-20(23(2,3)4)30(5)31(21)14-17-7-6-10-33-17/h8-9,11-12,15,17H,6-7,10,13-14H2,1-5H3/t15?,17-/m1/s1. The van der Waals surface area contributed by atoms with Crippen molar-refractivity contribution in [3.05, 3.63) is 46.6 Å². The second-order valence-electron chi connectivity index (χ2n) is 9.59. The van der Waals surface area contributed by atoms with Gasteiger partial charge in [0.05, 0.1) is 23.8 Å². The second kappa shape index (κ2) is 9.93. The van der Waals surface area contributed by atoms with E-state index in [0.29, 0.717) is 24.7 Å². The highest BCUT2D eigenvalue weighted by molar-refractivity contribution is 5.97. The number of ether oxygens (including phenoxy) is 2. The van der Waals surface area contributed by atoms with Crippen molar-refractivity contribution >= 4 is 5.91 Å². The maximum Gasteiger partial charge on any atom is 0.416 e. The lowest BCUT2D eigenvalue weighted by molar-refractivity contribution is -0.137. The van der Waals surface area contributed by atoms with Crippen molar-refractivity contribution in [2.24, 2.45) is 12.0 Å². The average Bonchev–Trinajstić information content (AvgIpc) is 3.36. The molecule has 188 valence electrons. The molecule has 0 N–H and O–H groups in total. The van der Waals surface area contributed by atoms with Gasteiger partial charge in [-0.05, 0) is 38.0 Å². The monoisotopic (exact) mass is 485 g/mol. The highest BCUT2D eigenvalue weighted by atomic mass is 19.4. The quantitative estimate of drug-likeness (QED) is 0.553. The van der Waals surface area contributed by atoms with E-state index >= 15 is 0 Å². The second-order valence-corrected chi connectivity index (χ2v) is 9.59. The zero-order valence-electron chi connectivity index (χ0n) is 20.1. The van der Waals surface area contributed by atoms with E-state index in [1.165, 1.54) is 6.92 Å². The third-order valence-corrected chi connectivity index (χ3v) is 5.71. The molecule has 1 aliphatic heterocycles. The van der Waals surface area contributed by atoms with Gasteiger partial charge in [0.1, 0.15) is 18.5 Å². The van der Waals surface area contributed by atoms with E-state index in [9.17, 15) is 22.4 Å². The minimum atomic E-state index is -4.66. The van der Waals surface area contributed by atoms with Gasteiger partial charge in [-0.2, -0.15) is 18.2 Å². The number of aromatic nitrogens is 2. The summed E-state index contributed by atoms with van der Waals surface area (Å²) in [7, 11) is 1.85. The molecule has 10 heteroatoms. The van der Waals surface area contributed by atoms with Crippen LogP contribution in [0.2, 0.25) is 0 Å². The van der Waals surface area contributed by atoms with Gasteiger partial charge in [-0.1, -0.05) is 20.8 Å². The van der Waals surface area contributed by atoms with E-state index in [0.717, 1.165) is 30.7 Å². The summed E-state index contributed by atoms with van der Waals surface area (Å²) in [4.78, 5) is 17.4. The number of carbonyl (C=O) groups is 1. The normalized spacial score (nSPS) is 18.4. The van der Waals surface area contributed by atoms with Crippen molar-refractivity contribution in [1.29, 1.82) is 0 Å². The lowest BCUT2D eigenvalue weighted by atomic mass is 9.92. The molecule has 1 aromatic heterocycles. The Morgan fingerprint density at radius 3 is 2.53 bits per heavy atom. The van der Waals surface area contributed by atoms with Crippen LogP contribution in [0.3, 0.4) is 0 Å². The fraction of sp³-hybridized carbons (Fsp3) is 0.583. The van der Waals surface area contributed by atoms with Crippen molar-refractivity contribution in [2.75, 3.05) is 13.3 Å². The van der Waals surface area contributed by atoms with Crippen molar-refractivity contribution < 1.29 is 31.8 Å². The first-order valence-corrected chi connectivity index (χ1v) is 11.2. The van der Waals surface area contributed by atoms with E-state index in [2.05, 4.69) is 4.99 Å². The van der Waals surface area contributed by atoms with Gasteiger partial charge >= 0.3 is 6.18 Å². The zero-order valence-corrected chi connectivity index (χ0v) is 20.1. The van der Waals surface area contributed by atoms with Crippen LogP contribution >= 0.6 is 0 Å². The van der Waals surface area contributed by atoms with Crippen LogP contribution in [-0.2, 0) is 29.9 Å². The number of rotatable bonds is 6. The molecule has 0 radical (unpaired) electrons. The van der Waals surface area contributed by atoms with Crippen molar-refractivity contribution in [3.8, 4) is 5.75 Å². The molecular weight excluding hydrogens is 454 g/mol. The number of alkyl halides is 4. The number of hydrogen-bond donors (Lipinski definition) is 0. The molecule has 0 aliphatic carbocycles. The Balaban J connectivity index is 2.12. The van der Waals surface area contributed by atoms with Gasteiger partial charge in [0.15, 0.2) is 5.49 Å². The molecule has 2 atom stereocenters. The molecule has 1 fully saturated rings. The molecule has 2 aromatic rings. The van der Waals surface area contributed by atoms with Gasteiger partial charge in [-0.25, -0.2) is 4.39 Å². The first kappa shape index (κ1) is 26.0. The average molecular weight is 486 g/mol. The summed E-state index contributed by atoms with van der Waals surface area (Å²) >= 11 is 0. The smallest absolute Gasteiger partial charge is 0.416 e. The Morgan fingerprint density at radius 2 is 1.97 bits per heavy atom. The maximum absolute atomic E-state index is 13.3. The third kappa shape index (κ3) is 5.89. The predicted molar refractivity (Wildman–Crippen MR) is 118 cm³/mol. The van der Waals surface area contributed by atoms with Crippen LogP contribution in [0.25, 0.3) is 0 Å². The van der Waals surface area contributed by atoms with Gasteiger partial charge in [-0.15, -0.1) is 0 Å². The first-order valence-electron chi connectivity index (χ1n) is 11.2. The van der Waals surface area contributed by atoms with Crippen LogP contribution in [0.5, 0.6) is 5.75 Å². The van der Waals surface area contributed by atoms with E-state index in [-0.39, 0.29) is 22.8 Å². The van der Waals surface area contributed by atoms with Gasteiger partial charge in [-0.3, -0.25) is 14.2 Å². The lowest BCUT2D eigenvalue weighted by Crippen LogP contribution is -2.30. The molecule has 1 unspecified atom stereocenters. The fourth-order valence-corrected chi connectivity index (χ4v) is 3.95. The lowest BCUT2D eigenvalue weighted by Gasteiger charge is -2.21. The van der Waals surface area contributed by atoms with Crippen LogP contribution in [-0.4, -0.2) is 40.8 Å². The van der Waals surface area contributed by atoms with Crippen LogP contribution in [0.1, 0.15) is 62.2 Å². The molecule has 1 aliphatic rings. The molecule has 6 nitrogen and oxygen atoms in total. The molecule has 34 heavy (non-hydrogen) atoms. The molecule has 1 amide bonds. The highest BCUT2D eigenvalue weighted by Crippen LogP contribution is 2.33. The number of amides is 1. The van der Waals surface area contributed by atoms with Crippen LogP contribution in [0.4, 0.5) is 17.6 Å². The molecule has 1 saturated heterocycles. The Hall–Kier alpha value is -2.62. The Kier molecular flexibility index (Phi) is 7.59. The van der Waals surface area contributed by atoms with E-state index in [4.69, 9.17) is 9.47 Å². The zero-order chi connectivity index (χ0) is 25.3. The van der Waals surface area contributed by atoms with E-state index in [1.54, 1.807) is 10.7 Å². The summed E-state index contributed by atoms with van der Waals surface area (Å²) in [6, 6.07) is 4.29. The molecule has 2 heterocycles. The number of halogens is 4. The van der Waals surface area contributed by atoms with E-state index in [1.807, 2.05) is 32.5 Å². The van der Waals surface area contributed by atoms with Gasteiger partial charge in [0.25, 0.3) is 5.91 Å². The third-order valence-electron chi connectivity index (χ3n) is 5.71. The van der Waals surface area contributed by atoms with Gasteiger partial charge in [0.2, 0.25) is 0 Å². The topological polar surface area (TPSA) is 57.8 Å². The van der Waals surface area contributed by atoms with Crippen molar-refractivity contribution in [1.82, 2.24) is 9.36 Å². The predicted octanol–water partition coefficient (Wildman–Crippen LogP) is 4.80. The highest BCUT2D eigenvalue weighted by Gasteiger charge is 2.32. The molecule has 0 saturated carbocycles. The summed E-state index contributed by atoms with van der Waals surface area (Å²) < 4.78 is 67.8. The maximum atomic E-state index is 13.3. The molecule has 1 aromatic carbocycles. The first-order chi connectivity index (χ1) is 15.8. The van der Waals surface area contributed by atoms with Crippen LogP contribution in [0.15, 0.2) is 29.3 Å². The number of nitrogens with zero attached hydrogens (tertiary/aromatic N) is 3. The Labute approximate surface area is 196 Å². The molecule has 0 spiro atoms. The summed E-state index contributed by atoms with van der Waals surface area (Å²) in [5.74, 6) is -1.05. The summed E-state index contributed by atoms with van der Waals surface area (Å²) in [5.41, 5.74) is -0.467. The fourth-order valence-electron chi connectivity index (χ4n) is 3.95. The van der Waals surface area contributed by atoms with Crippen molar-refractivity contribution in [3.63, 3.8) is 0 Å². The molecular formula is C24H31F4N3O3. The number of carbonyl (C=O) groups excluding carboxylic acids is 1. The summed E-state index contributed by atoms with van der Waals surface area (Å²) in [6.45, 7) is 7.71. The van der Waals surface area contributed by atoms with Gasteiger partial charge < -0.3 is 9.47 Å². The van der Waals surface area contributed by atoms with E-state index < -0.39 is 30.4 Å². The SMILES string of the molecule is CC(CF)Oc1ccc(C(F)(F)F)cc1C(=O)N=c1cc(C(C)(C)C)n(C)n1C[C@H]1CCCO1. The minimum absolute atomic E-state index is 0.0478. The number of benzene rings is 1. The molecule has 3 rings (SSSR count). The largest absolute Gasteiger partial charge is 0.487 e.